The Morgan fingerprint density at radius 2 is 2.00 bits per heavy atom. The van der Waals surface area contributed by atoms with Gasteiger partial charge in [-0.05, 0) is 30.2 Å². The number of ether oxygens (including phenoxy) is 1. The molecule has 0 fully saturated rings. The first-order valence-electron chi connectivity index (χ1n) is 8.23. The average Bonchev–Trinajstić information content (AvgIpc) is 2.64. The number of carbonyl (C=O) groups excluding carboxylic acids is 2. The van der Waals surface area contributed by atoms with Crippen molar-refractivity contribution in [2.24, 2.45) is 0 Å². The molecule has 0 saturated heterocycles. The summed E-state index contributed by atoms with van der Waals surface area (Å²) in [5.74, 6) is 1.04. The monoisotopic (exact) mass is 354 g/mol. The molecule has 1 atom stereocenters. The number of benzene rings is 2. The molecule has 2 aliphatic heterocycles. The third kappa shape index (κ3) is 3.35. The lowest BCUT2D eigenvalue weighted by molar-refractivity contribution is -0.123. The number of nitrogens with zero attached hydrogens (tertiary/aromatic N) is 1. The Labute approximate surface area is 150 Å². The van der Waals surface area contributed by atoms with Crippen molar-refractivity contribution in [2.45, 2.75) is 17.4 Å². The fourth-order valence-electron chi connectivity index (χ4n) is 3.16. The highest BCUT2D eigenvalue weighted by atomic mass is 32.2. The molecule has 0 spiro atoms. The molecule has 2 aromatic rings. The molecule has 2 aliphatic rings. The Balaban J connectivity index is 1.42. The van der Waals surface area contributed by atoms with Crippen LogP contribution in [0.3, 0.4) is 0 Å². The molecule has 0 radical (unpaired) electrons. The Kier molecular flexibility index (Phi) is 4.36. The number of anilines is 1. The number of nitrogens with one attached hydrogen (secondary N) is 1. The van der Waals surface area contributed by atoms with Gasteiger partial charge in [0.1, 0.15) is 18.9 Å². The van der Waals surface area contributed by atoms with E-state index in [-0.39, 0.29) is 24.4 Å². The van der Waals surface area contributed by atoms with Crippen molar-refractivity contribution in [3.8, 4) is 5.75 Å². The van der Waals surface area contributed by atoms with Crippen LogP contribution in [0.2, 0.25) is 0 Å². The molecule has 6 heteroatoms. The van der Waals surface area contributed by atoms with Crippen LogP contribution in [-0.4, -0.2) is 36.8 Å². The molecule has 2 aromatic carbocycles. The zero-order valence-corrected chi connectivity index (χ0v) is 14.4. The number of carbonyl (C=O) groups is 2. The van der Waals surface area contributed by atoms with E-state index in [0.717, 1.165) is 28.3 Å². The molecular formula is C19H18N2O3S. The molecular weight excluding hydrogens is 336 g/mol. The minimum absolute atomic E-state index is 0.0363. The lowest BCUT2D eigenvalue weighted by atomic mass is 10.0. The first kappa shape index (κ1) is 16.0. The van der Waals surface area contributed by atoms with Crippen molar-refractivity contribution in [1.29, 1.82) is 0 Å². The molecule has 25 heavy (non-hydrogen) atoms. The summed E-state index contributed by atoms with van der Waals surface area (Å²) in [5.41, 5.74) is 1.90. The minimum Gasteiger partial charge on any atom is -0.491 e. The average molecular weight is 354 g/mol. The fraction of sp³-hybridized carbons (Fsp3) is 0.263. The number of rotatable bonds is 3. The van der Waals surface area contributed by atoms with Gasteiger partial charge in [0.2, 0.25) is 11.8 Å². The number of hydrogen-bond acceptors (Lipinski definition) is 4. The standard InChI is InChI=1S/C19H18N2O3S/c22-18(20-14-9-13-5-1-3-7-16(13)24-11-14)10-21-15-6-2-4-8-17(15)25-12-19(21)23/h1-8,14H,9-12H2,(H,20,22)/t14-/m1/s1. The topological polar surface area (TPSA) is 58.6 Å². The maximum atomic E-state index is 12.5. The summed E-state index contributed by atoms with van der Waals surface area (Å²) >= 11 is 1.51. The van der Waals surface area contributed by atoms with Crippen LogP contribution in [0.5, 0.6) is 5.75 Å². The number of fused-ring (bicyclic) bond motifs is 2. The zero-order chi connectivity index (χ0) is 17.2. The van der Waals surface area contributed by atoms with E-state index in [2.05, 4.69) is 5.32 Å². The summed E-state index contributed by atoms with van der Waals surface area (Å²) in [6.45, 7) is 0.484. The number of amides is 2. The SMILES string of the molecule is O=C(CN1C(=O)CSc2ccccc21)N[C@H]1COc2ccccc2C1. The van der Waals surface area contributed by atoms with Gasteiger partial charge in [-0.15, -0.1) is 11.8 Å². The van der Waals surface area contributed by atoms with Gasteiger partial charge in [-0.2, -0.15) is 0 Å². The molecule has 0 saturated carbocycles. The quantitative estimate of drug-likeness (QED) is 0.918. The largest absolute Gasteiger partial charge is 0.491 e. The fourth-order valence-corrected chi connectivity index (χ4v) is 4.10. The molecule has 2 heterocycles. The summed E-state index contributed by atoms with van der Waals surface area (Å²) in [6.07, 6.45) is 0.738. The van der Waals surface area contributed by atoms with Crippen LogP contribution >= 0.6 is 11.8 Å². The summed E-state index contributed by atoms with van der Waals surface area (Å²) in [6, 6.07) is 15.5. The van der Waals surface area contributed by atoms with Gasteiger partial charge in [-0.25, -0.2) is 0 Å². The Morgan fingerprint density at radius 3 is 2.92 bits per heavy atom. The van der Waals surface area contributed by atoms with Gasteiger partial charge in [0.15, 0.2) is 0 Å². The van der Waals surface area contributed by atoms with Gasteiger partial charge in [0, 0.05) is 4.90 Å². The van der Waals surface area contributed by atoms with Gasteiger partial charge < -0.3 is 15.0 Å². The third-order valence-corrected chi connectivity index (χ3v) is 5.40. The van der Waals surface area contributed by atoms with Crippen molar-refractivity contribution in [2.75, 3.05) is 23.8 Å². The third-order valence-electron chi connectivity index (χ3n) is 4.35. The smallest absolute Gasteiger partial charge is 0.240 e. The highest BCUT2D eigenvalue weighted by Crippen LogP contribution is 2.34. The molecule has 0 aromatic heterocycles. The predicted molar refractivity (Wildman–Crippen MR) is 97.1 cm³/mol. The molecule has 0 bridgehead atoms. The van der Waals surface area contributed by atoms with E-state index in [1.54, 1.807) is 4.90 Å². The molecule has 0 unspecified atom stereocenters. The second-order valence-corrected chi connectivity index (χ2v) is 7.14. The molecule has 5 nitrogen and oxygen atoms in total. The summed E-state index contributed by atoms with van der Waals surface area (Å²) in [5, 5.41) is 2.99. The maximum absolute atomic E-state index is 12.5. The van der Waals surface area contributed by atoms with Crippen LogP contribution in [0.1, 0.15) is 5.56 Å². The first-order chi connectivity index (χ1) is 12.2. The first-order valence-corrected chi connectivity index (χ1v) is 9.21. The van der Waals surface area contributed by atoms with E-state index in [1.165, 1.54) is 11.8 Å². The number of thioether (sulfide) groups is 1. The van der Waals surface area contributed by atoms with Crippen molar-refractivity contribution in [3.05, 3.63) is 54.1 Å². The van der Waals surface area contributed by atoms with Crippen LogP contribution < -0.4 is 15.0 Å². The highest BCUT2D eigenvalue weighted by molar-refractivity contribution is 8.00. The van der Waals surface area contributed by atoms with Crippen LogP contribution in [-0.2, 0) is 16.0 Å². The Hall–Kier alpha value is -2.47. The number of hydrogen-bond donors (Lipinski definition) is 1. The molecule has 128 valence electrons. The Bertz CT molecular complexity index is 824. The van der Waals surface area contributed by atoms with Crippen molar-refractivity contribution < 1.29 is 14.3 Å². The van der Waals surface area contributed by atoms with E-state index >= 15 is 0 Å². The zero-order valence-electron chi connectivity index (χ0n) is 13.6. The molecule has 4 rings (SSSR count). The summed E-state index contributed by atoms with van der Waals surface area (Å²) in [7, 11) is 0. The van der Waals surface area contributed by atoms with Gasteiger partial charge in [0.05, 0.1) is 17.5 Å². The van der Waals surface area contributed by atoms with Crippen LogP contribution in [0, 0.1) is 0 Å². The van der Waals surface area contributed by atoms with Crippen LogP contribution in [0.25, 0.3) is 0 Å². The van der Waals surface area contributed by atoms with E-state index in [4.69, 9.17) is 4.74 Å². The molecule has 1 N–H and O–H groups in total. The van der Waals surface area contributed by atoms with Crippen molar-refractivity contribution in [1.82, 2.24) is 5.32 Å². The summed E-state index contributed by atoms with van der Waals surface area (Å²) in [4.78, 5) is 27.3. The molecule has 2 amide bonds. The predicted octanol–water partition coefficient (Wildman–Crippen LogP) is 2.25. The van der Waals surface area contributed by atoms with E-state index in [1.807, 2.05) is 48.5 Å². The van der Waals surface area contributed by atoms with E-state index in [0.29, 0.717) is 12.4 Å². The lowest BCUT2D eigenvalue weighted by Crippen LogP contribution is -2.49. The van der Waals surface area contributed by atoms with E-state index in [9.17, 15) is 9.59 Å². The minimum atomic E-state index is -0.164. The normalized spacial score (nSPS) is 18.8. The van der Waals surface area contributed by atoms with Gasteiger partial charge in [-0.3, -0.25) is 9.59 Å². The number of para-hydroxylation sites is 2. The van der Waals surface area contributed by atoms with Crippen LogP contribution in [0.15, 0.2) is 53.4 Å². The Morgan fingerprint density at radius 1 is 1.20 bits per heavy atom. The lowest BCUT2D eigenvalue weighted by Gasteiger charge is -2.30. The van der Waals surface area contributed by atoms with E-state index < -0.39 is 0 Å². The molecule has 0 aliphatic carbocycles. The summed E-state index contributed by atoms with van der Waals surface area (Å²) < 4.78 is 5.71. The van der Waals surface area contributed by atoms with Gasteiger partial charge in [0.25, 0.3) is 0 Å². The van der Waals surface area contributed by atoms with Crippen molar-refractivity contribution >= 4 is 29.3 Å². The van der Waals surface area contributed by atoms with Crippen molar-refractivity contribution in [3.63, 3.8) is 0 Å². The second kappa shape index (κ2) is 6.80. The van der Waals surface area contributed by atoms with Crippen LogP contribution in [0.4, 0.5) is 5.69 Å². The van der Waals surface area contributed by atoms with Gasteiger partial charge >= 0.3 is 0 Å². The second-order valence-electron chi connectivity index (χ2n) is 6.12. The van der Waals surface area contributed by atoms with Gasteiger partial charge in [-0.1, -0.05) is 30.3 Å². The highest BCUT2D eigenvalue weighted by Gasteiger charge is 2.28. The maximum Gasteiger partial charge on any atom is 0.240 e.